The van der Waals surface area contributed by atoms with Crippen molar-refractivity contribution >= 4 is 27.8 Å². The van der Waals surface area contributed by atoms with E-state index < -0.39 is 0 Å². The summed E-state index contributed by atoms with van der Waals surface area (Å²) in [5.41, 5.74) is 18.4. The molecule has 4 saturated carbocycles. The van der Waals surface area contributed by atoms with E-state index >= 15 is 0 Å². The minimum absolute atomic E-state index is 0.0561. The minimum atomic E-state index is 0.0561. The summed E-state index contributed by atoms with van der Waals surface area (Å²) in [5, 5.41) is 2.55. The highest BCUT2D eigenvalue weighted by atomic mass is 15.1. The van der Waals surface area contributed by atoms with Gasteiger partial charge in [0.2, 0.25) is 0 Å². The number of anilines is 3. The lowest BCUT2D eigenvalue weighted by Crippen LogP contribution is -2.55. The van der Waals surface area contributed by atoms with E-state index in [-0.39, 0.29) is 16.2 Å². The van der Waals surface area contributed by atoms with Crippen LogP contribution in [0.15, 0.2) is 152 Å². The van der Waals surface area contributed by atoms with Crippen molar-refractivity contribution in [1.82, 2.24) is 0 Å². The Morgan fingerprint density at radius 3 is 1.66 bits per heavy atom. The fourth-order valence-corrected chi connectivity index (χ4v) is 13.6. The second kappa shape index (κ2) is 12.8. The van der Waals surface area contributed by atoms with Gasteiger partial charge >= 0.3 is 0 Å². The fourth-order valence-electron chi connectivity index (χ4n) is 13.6. The minimum Gasteiger partial charge on any atom is -0.310 e. The van der Waals surface area contributed by atoms with Gasteiger partial charge in [-0.15, -0.1) is 0 Å². The molecule has 0 radical (unpaired) electrons. The van der Waals surface area contributed by atoms with Crippen LogP contribution in [-0.2, 0) is 16.2 Å². The maximum atomic E-state index is 2.63. The van der Waals surface area contributed by atoms with Gasteiger partial charge in [0, 0.05) is 16.8 Å². The van der Waals surface area contributed by atoms with Crippen molar-refractivity contribution in [3.8, 4) is 33.4 Å². The van der Waals surface area contributed by atoms with Crippen molar-refractivity contribution in [2.45, 2.75) is 88.9 Å². The monoisotopic (exact) mass is 765 g/mol. The molecule has 1 heteroatoms. The Morgan fingerprint density at radius 2 is 0.966 bits per heavy atom. The topological polar surface area (TPSA) is 3.24 Å². The van der Waals surface area contributed by atoms with Crippen molar-refractivity contribution in [3.63, 3.8) is 0 Å². The van der Waals surface area contributed by atoms with Gasteiger partial charge in [-0.25, -0.2) is 0 Å². The molecule has 1 spiro atoms. The first-order valence-corrected chi connectivity index (χ1v) is 22.6. The van der Waals surface area contributed by atoms with Crippen LogP contribution in [0.5, 0.6) is 0 Å². The zero-order chi connectivity index (χ0) is 39.7. The Balaban J connectivity index is 0.962. The molecule has 4 bridgehead atoms. The molecule has 13 rings (SSSR count). The summed E-state index contributed by atoms with van der Waals surface area (Å²) >= 11 is 0. The van der Waals surface area contributed by atoms with Crippen molar-refractivity contribution in [2.24, 2.45) is 23.7 Å². The third-order valence-corrected chi connectivity index (χ3v) is 16.3. The lowest BCUT2D eigenvalue weighted by molar-refractivity contribution is -0.0399. The van der Waals surface area contributed by atoms with Gasteiger partial charge in [0.15, 0.2) is 0 Å². The van der Waals surface area contributed by atoms with Crippen molar-refractivity contribution in [2.75, 3.05) is 4.90 Å². The van der Waals surface area contributed by atoms with Gasteiger partial charge in [-0.3, -0.25) is 0 Å². The Labute approximate surface area is 351 Å². The van der Waals surface area contributed by atoms with Crippen LogP contribution in [-0.4, -0.2) is 0 Å². The highest BCUT2D eigenvalue weighted by Crippen LogP contribution is 2.69. The molecule has 1 nitrogen and oxygen atoms in total. The van der Waals surface area contributed by atoms with Crippen LogP contribution in [0.3, 0.4) is 0 Å². The lowest BCUT2D eigenvalue weighted by Gasteiger charge is -2.61. The smallest absolute Gasteiger partial charge is 0.0502 e. The van der Waals surface area contributed by atoms with Crippen LogP contribution in [0.1, 0.15) is 94.9 Å². The standard InChI is InChI=1S/C58H55N/c1-56(2)28-29-57(3,4)55-52(56)14-9-15-54(55)59(47-23-18-40(19-24-47)43-17-16-39-10-5-6-11-42(39)35-43)48-25-20-41(21-26-48)44-22-27-50-49-12-7-8-13-51(49)58(53(50)36-44)45-31-37-30-38(33-45)34-46(58)32-37/h5-27,35-38,45-46H,28-34H2,1-4H3. The van der Waals surface area contributed by atoms with Crippen LogP contribution in [0.4, 0.5) is 17.1 Å². The Morgan fingerprint density at radius 1 is 0.424 bits per heavy atom. The van der Waals surface area contributed by atoms with Gasteiger partial charge in [0.05, 0.1) is 5.69 Å². The predicted octanol–water partition coefficient (Wildman–Crippen LogP) is 15.7. The molecule has 0 saturated heterocycles. The maximum Gasteiger partial charge on any atom is 0.0502 e. The van der Waals surface area contributed by atoms with Gasteiger partial charge in [-0.1, -0.05) is 137 Å². The Kier molecular flexibility index (Phi) is 7.71. The van der Waals surface area contributed by atoms with Gasteiger partial charge in [0.1, 0.15) is 0 Å². The summed E-state index contributed by atoms with van der Waals surface area (Å²) in [6.07, 6.45) is 9.50. The number of nitrogens with zero attached hydrogens (tertiary/aromatic N) is 1. The SMILES string of the molecule is CC1(C)CCC(C)(C)c2c(N(c3ccc(-c4ccc5c(c4)C4(c6ccccc6-5)C5CC6CC(C5)CC4C6)cc3)c3ccc(-c4ccc5ccccc5c4)cc3)cccc21. The van der Waals surface area contributed by atoms with Gasteiger partial charge in [0.25, 0.3) is 0 Å². The molecule has 0 unspecified atom stereocenters. The van der Waals surface area contributed by atoms with Crippen LogP contribution < -0.4 is 4.90 Å². The second-order valence-corrected chi connectivity index (χ2v) is 20.4. The van der Waals surface area contributed by atoms with Crippen LogP contribution >= 0.6 is 0 Å². The average molecular weight is 766 g/mol. The van der Waals surface area contributed by atoms with Crippen LogP contribution in [0, 0.1) is 23.7 Å². The van der Waals surface area contributed by atoms with Gasteiger partial charge < -0.3 is 4.90 Å². The quantitative estimate of drug-likeness (QED) is 0.169. The summed E-state index contributed by atoms with van der Waals surface area (Å²) < 4.78 is 0. The van der Waals surface area contributed by atoms with E-state index in [2.05, 4.69) is 184 Å². The molecular formula is C58H55N. The van der Waals surface area contributed by atoms with E-state index in [0.717, 1.165) is 23.7 Å². The van der Waals surface area contributed by atoms with E-state index in [9.17, 15) is 0 Å². The molecule has 0 aromatic heterocycles. The molecule has 6 aliphatic rings. The number of hydrogen-bond donors (Lipinski definition) is 0. The molecule has 292 valence electrons. The van der Waals surface area contributed by atoms with Gasteiger partial charge in [-0.05, 0) is 188 Å². The molecule has 0 N–H and O–H groups in total. The van der Waals surface area contributed by atoms with E-state index in [1.807, 2.05) is 0 Å². The molecular weight excluding hydrogens is 711 g/mol. The molecule has 7 aromatic rings. The predicted molar refractivity (Wildman–Crippen MR) is 248 cm³/mol. The summed E-state index contributed by atoms with van der Waals surface area (Å²) in [5.74, 6) is 3.43. The Bertz CT molecular complexity index is 2750. The first-order valence-electron chi connectivity index (χ1n) is 22.6. The summed E-state index contributed by atoms with van der Waals surface area (Å²) in [6, 6.07) is 58.4. The molecule has 4 fully saturated rings. The van der Waals surface area contributed by atoms with Crippen LogP contribution in [0.2, 0.25) is 0 Å². The number of fused-ring (bicyclic) bond motifs is 5. The summed E-state index contributed by atoms with van der Waals surface area (Å²) in [7, 11) is 0. The number of rotatable bonds is 5. The maximum absolute atomic E-state index is 2.63. The fraction of sp³-hybridized carbons (Fsp3) is 0.310. The molecule has 0 heterocycles. The summed E-state index contributed by atoms with van der Waals surface area (Å²) in [4.78, 5) is 2.54. The van der Waals surface area contributed by atoms with Crippen molar-refractivity contribution < 1.29 is 0 Å². The first-order chi connectivity index (χ1) is 28.7. The lowest BCUT2D eigenvalue weighted by atomic mass is 9.43. The molecule has 0 aliphatic heterocycles. The largest absolute Gasteiger partial charge is 0.310 e. The Hall–Kier alpha value is -5.40. The molecule has 7 aromatic carbocycles. The van der Waals surface area contributed by atoms with E-state index in [0.29, 0.717) is 0 Å². The normalized spacial score (nSPS) is 25.2. The average Bonchev–Trinajstić information content (AvgIpc) is 3.55. The third kappa shape index (κ3) is 5.29. The van der Waals surface area contributed by atoms with Crippen molar-refractivity contribution in [3.05, 3.63) is 174 Å². The van der Waals surface area contributed by atoms with E-state index in [4.69, 9.17) is 0 Å². The summed E-state index contributed by atoms with van der Waals surface area (Å²) in [6.45, 7) is 9.78. The molecule has 6 aliphatic carbocycles. The zero-order valence-electron chi connectivity index (χ0n) is 35.1. The first kappa shape index (κ1) is 35.5. The van der Waals surface area contributed by atoms with Crippen LogP contribution in [0.25, 0.3) is 44.2 Å². The zero-order valence-corrected chi connectivity index (χ0v) is 35.1. The molecule has 0 atom stereocenters. The molecule has 0 amide bonds. The van der Waals surface area contributed by atoms with Crippen molar-refractivity contribution in [1.29, 1.82) is 0 Å². The number of hydrogen-bond acceptors (Lipinski definition) is 1. The highest BCUT2D eigenvalue weighted by molar-refractivity contribution is 5.89. The van der Waals surface area contributed by atoms with E-state index in [1.54, 1.807) is 11.1 Å². The molecule has 59 heavy (non-hydrogen) atoms. The number of benzene rings is 7. The third-order valence-electron chi connectivity index (χ3n) is 16.3. The highest BCUT2D eigenvalue weighted by Gasteiger charge is 2.61. The second-order valence-electron chi connectivity index (χ2n) is 20.4. The van der Waals surface area contributed by atoms with E-state index in [1.165, 1.54) is 117 Å². The van der Waals surface area contributed by atoms with Gasteiger partial charge in [-0.2, -0.15) is 0 Å².